The minimum atomic E-state index is -1.09. The van der Waals surface area contributed by atoms with Gasteiger partial charge in [0.25, 0.3) is 5.91 Å². The average Bonchev–Trinajstić information content (AvgIpc) is 2.54. The topological polar surface area (TPSA) is 87.7 Å². The third kappa shape index (κ3) is 4.68. The van der Waals surface area contributed by atoms with Gasteiger partial charge in [-0.3, -0.25) is 10.1 Å². The number of methoxy groups -OCH3 is 1. The van der Waals surface area contributed by atoms with E-state index in [0.29, 0.717) is 16.5 Å². The SMILES string of the molecule is COc1ccc(C(=O)O)cc1NC(=S)NC(=O)c1ccc(C)cc1Cl. The largest absolute Gasteiger partial charge is 0.495 e. The van der Waals surface area contributed by atoms with Crippen molar-refractivity contribution in [2.24, 2.45) is 0 Å². The molecule has 8 heteroatoms. The lowest BCUT2D eigenvalue weighted by Crippen LogP contribution is -2.34. The molecule has 6 nitrogen and oxygen atoms in total. The molecule has 0 saturated carbocycles. The first-order valence-corrected chi connectivity index (χ1v) is 7.90. The zero-order valence-corrected chi connectivity index (χ0v) is 15.0. The number of hydrogen-bond donors (Lipinski definition) is 3. The summed E-state index contributed by atoms with van der Waals surface area (Å²) >= 11 is 11.2. The number of rotatable bonds is 4. The quantitative estimate of drug-likeness (QED) is 0.706. The van der Waals surface area contributed by atoms with Gasteiger partial charge in [-0.25, -0.2) is 4.79 Å². The molecule has 0 atom stereocenters. The zero-order valence-electron chi connectivity index (χ0n) is 13.4. The second-order valence-corrected chi connectivity index (χ2v) is 5.93. The van der Waals surface area contributed by atoms with Crippen molar-refractivity contribution in [1.29, 1.82) is 0 Å². The van der Waals surface area contributed by atoms with Gasteiger partial charge in [0.2, 0.25) is 0 Å². The Bertz CT molecular complexity index is 855. The molecule has 2 rings (SSSR count). The Hall–Kier alpha value is -2.64. The standard InChI is InChI=1S/C17H15ClN2O4S/c1-9-3-5-11(12(18)7-9)15(21)20-17(25)19-13-8-10(16(22)23)4-6-14(13)24-2/h3-8H,1-2H3,(H,22,23)(H2,19,20,21,25). The Balaban J connectivity index is 2.15. The minimum Gasteiger partial charge on any atom is -0.495 e. The number of aromatic carboxylic acids is 1. The lowest BCUT2D eigenvalue weighted by molar-refractivity contribution is 0.0696. The molecule has 1 amide bonds. The number of carbonyl (C=O) groups is 2. The summed E-state index contributed by atoms with van der Waals surface area (Å²) in [6.45, 7) is 1.86. The molecule has 0 radical (unpaired) electrons. The first-order chi connectivity index (χ1) is 11.8. The van der Waals surface area contributed by atoms with Gasteiger partial charge in [-0.05, 0) is 55.0 Å². The van der Waals surface area contributed by atoms with Crippen molar-refractivity contribution < 1.29 is 19.4 Å². The molecule has 130 valence electrons. The molecule has 2 aromatic carbocycles. The molecular weight excluding hydrogens is 364 g/mol. The van der Waals surface area contributed by atoms with E-state index < -0.39 is 11.9 Å². The molecule has 0 saturated heterocycles. The Morgan fingerprint density at radius 2 is 1.92 bits per heavy atom. The molecule has 25 heavy (non-hydrogen) atoms. The molecule has 0 unspecified atom stereocenters. The molecule has 0 aromatic heterocycles. The summed E-state index contributed by atoms with van der Waals surface area (Å²) in [5, 5.41) is 14.6. The van der Waals surface area contributed by atoms with Crippen LogP contribution in [0.4, 0.5) is 5.69 Å². The van der Waals surface area contributed by atoms with Gasteiger partial charge < -0.3 is 15.2 Å². The summed E-state index contributed by atoms with van der Waals surface area (Å²) in [6, 6.07) is 9.29. The van der Waals surface area contributed by atoms with Crippen molar-refractivity contribution >= 4 is 46.5 Å². The number of carboxylic acids is 1. The second-order valence-electron chi connectivity index (χ2n) is 5.11. The summed E-state index contributed by atoms with van der Waals surface area (Å²) in [5.74, 6) is -1.18. The molecule has 0 bridgehead atoms. The number of thiocarbonyl (C=S) groups is 1. The summed E-state index contributed by atoms with van der Waals surface area (Å²) in [4.78, 5) is 23.3. The molecular formula is C17H15ClN2O4S. The highest BCUT2D eigenvalue weighted by atomic mass is 35.5. The fraction of sp³-hybridized carbons (Fsp3) is 0.118. The van der Waals surface area contributed by atoms with Gasteiger partial charge >= 0.3 is 5.97 Å². The number of hydrogen-bond acceptors (Lipinski definition) is 4. The van der Waals surface area contributed by atoms with E-state index in [4.69, 9.17) is 33.7 Å². The normalized spacial score (nSPS) is 10.0. The molecule has 0 aliphatic heterocycles. The Morgan fingerprint density at radius 3 is 2.52 bits per heavy atom. The van der Waals surface area contributed by atoms with Crippen LogP contribution in [0.1, 0.15) is 26.3 Å². The van der Waals surface area contributed by atoms with E-state index in [1.807, 2.05) is 6.92 Å². The summed E-state index contributed by atoms with van der Waals surface area (Å²) < 4.78 is 5.15. The predicted octanol–water partition coefficient (Wildman–Crippen LogP) is 3.48. The Kier molecular flexibility index (Phi) is 5.95. The number of benzene rings is 2. The van der Waals surface area contributed by atoms with Gasteiger partial charge in [-0.15, -0.1) is 0 Å². The fourth-order valence-electron chi connectivity index (χ4n) is 2.07. The molecule has 0 spiro atoms. The van der Waals surface area contributed by atoms with Crippen LogP contribution in [-0.4, -0.2) is 29.2 Å². The third-order valence-corrected chi connectivity index (χ3v) is 3.81. The maximum absolute atomic E-state index is 12.3. The van der Waals surface area contributed by atoms with Gasteiger partial charge in [0.05, 0.1) is 28.9 Å². The van der Waals surface area contributed by atoms with Crippen LogP contribution in [0.15, 0.2) is 36.4 Å². The lowest BCUT2D eigenvalue weighted by Gasteiger charge is -2.14. The first-order valence-electron chi connectivity index (χ1n) is 7.11. The van der Waals surface area contributed by atoms with Crippen LogP contribution in [0.5, 0.6) is 5.75 Å². The van der Waals surface area contributed by atoms with E-state index in [1.54, 1.807) is 18.2 Å². The van der Waals surface area contributed by atoms with E-state index in [9.17, 15) is 9.59 Å². The van der Waals surface area contributed by atoms with E-state index in [1.165, 1.54) is 25.3 Å². The van der Waals surface area contributed by atoms with Gasteiger partial charge in [0.1, 0.15) is 5.75 Å². The number of aryl methyl sites for hydroxylation is 1. The fourth-order valence-corrected chi connectivity index (χ4v) is 2.59. The van der Waals surface area contributed by atoms with Crippen LogP contribution in [0.3, 0.4) is 0 Å². The van der Waals surface area contributed by atoms with Crippen LogP contribution < -0.4 is 15.4 Å². The van der Waals surface area contributed by atoms with Gasteiger partial charge in [-0.1, -0.05) is 17.7 Å². The number of anilines is 1. The van der Waals surface area contributed by atoms with Crippen molar-refractivity contribution in [1.82, 2.24) is 5.32 Å². The van der Waals surface area contributed by atoms with E-state index >= 15 is 0 Å². The molecule has 3 N–H and O–H groups in total. The van der Waals surface area contributed by atoms with Crippen molar-refractivity contribution in [3.63, 3.8) is 0 Å². The monoisotopic (exact) mass is 378 g/mol. The highest BCUT2D eigenvalue weighted by Crippen LogP contribution is 2.25. The number of halogens is 1. The van der Waals surface area contributed by atoms with Gasteiger partial charge in [0, 0.05) is 0 Å². The minimum absolute atomic E-state index is 0.0116. The highest BCUT2D eigenvalue weighted by molar-refractivity contribution is 7.80. The summed E-state index contributed by atoms with van der Waals surface area (Å²) in [6.07, 6.45) is 0. The predicted molar refractivity (Wildman–Crippen MR) is 99.8 cm³/mol. The second kappa shape index (κ2) is 7.96. The lowest BCUT2D eigenvalue weighted by atomic mass is 10.1. The van der Waals surface area contributed by atoms with Crippen LogP contribution >= 0.6 is 23.8 Å². The molecule has 2 aromatic rings. The molecule has 0 fully saturated rings. The van der Waals surface area contributed by atoms with Gasteiger partial charge in [0.15, 0.2) is 5.11 Å². The Morgan fingerprint density at radius 1 is 1.20 bits per heavy atom. The van der Waals surface area contributed by atoms with Crippen LogP contribution in [0.2, 0.25) is 5.02 Å². The van der Waals surface area contributed by atoms with E-state index in [2.05, 4.69) is 10.6 Å². The smallest absolute Gasteiger partial charge is 0.335 e. The Labute approximate surface area is 154 Å². The summed E-state index contributed by atoms with van der Waals surface area (Å²) in [5.41, 5.74) is 1.59. The maximum Gasteiger partial charge on any atom is 0.335 e. The zero-order chi connectivity index (χ0) is 18.6. The number of amides is 1. The summed E-state index contributed by atoms with van der Waals surface area (Å²) in [7, 11) is 1.44. The van der Waals surface area contributed by atoms with Crippen molar-refractivity contribution in [2.75, 3.05) is 12.4 Å². The van der Waals surface area contributed by atoms with Crippen LogP contribution in [-0.2, 0) is 0 Å². The molecule has 0 heterocycles. The molecule has 0 aliphatic rings. The maximum atomic E-state index is 12.3. The first kappa shape index (κ1) is 18.7. The highest BCUT2D eigenvalue weighted by Gasteiger charge is 2.14. The molecule has 0 aliphatic carbocycles. The number of carboxylic acid groups (broad SMARTS) is 1. The van der Waals surface area contributed by atoms with Crippen molar-refractivity contribution in [3.05, 3.63) is 58.1 Å². The van der Waals surface area contributed by atoms with Crippen LogP contribution in [0, 0.1) is 6.92 Å². The van der Waals surface area contributed by atoms with Crippen molar-refractivity contribution in [2.45, 2.75) is 6.92 Å². The number of ether oxygens (including phenoxy) is 1. The average molecular weight is 379 g/mol. The van der Waals surface area contributed by atoms with E-state index in [-0.39, 0.29) is 16.2 Å². The van der Waals surface area contributed by atoms with Crippen LogP contribution in [0.25, 0.3) is 0 Å². The number of nitrogens with one attached hydrogen (secondary N) is 2. The van der Waals surface area contributed by atoms with Gasteiger partial charge in [-0.2, -0.15) is 0 Å². The third-order valence-electron chi connectivity index (χ3n) is 3.29. The van der Waals surface area contributed by atoms with Crippen molar-refractivity contribution in [3.8, 4) is 5.75 Å². The van der Waals surface area contributed by atoms with E-state index in [0.717, 1.165) is 5.56 Å². The number of carbonyl (C=O) groups excluding carboxylic acids is 1.